The maximum Gasteiger partial charge on any atom is 0.270 e. The van der Waals surface area contributed by atoms with Crippen molar-refractivity contribution in [3.05, 3.63) is 33.9 Å². The van der Waals surface area contributed by atoms with E-state index in [2.05, 4.69) is 0 Å². The van der Waals surface area contributed by atoms with E-state index in [0.29, 0.717) is 38.2 Å². The van der Waals surface area contributed by atoms with Gasteiger partial charge in [0.05, 0.1) is 11.2 Å². The molecule has 0 saturated carbocycles. The molecule has 9 heteroatoms. The molecule has 1 fully saturated rings. The summed E-state index contributed by atoms with van der Waals surface area (Å²) in [4.78, 5) is 23.1. The Morgan fingerprint density at radius 1 is 1.24 bits per heavy atom. The van der Waals surface area contributed by atoms with Gasteiger partial charge < -0.3 is 4.90 Å². The lowest BCUT2D eigenvalue weighted by Gasteiger charge is -2.35. The molecule has 0 spiro atoms. The van der Waals surface area contributed by atoms with Gasteiger partial charge in [0.2, 0.25) is 10.0 Å². The van der Waals surface area contributed by atoms with Crippen LogP contribution in [0.1, 0.15) is 10.4 Å². The molecule has 1 aromatic carbocycles. The lowest BCUT2D eigenvalue weighted by molar-refractivity contribution is -0.384. The zero-order chi connectivity index (χ0) is 15.6. The number of benzene rings is 1. The molecule has 8 nitrogen and oxygen atoms in total. The van der Waals surface area contributed by atoms with Gasteiger partial charge in [-0.15, -0.1) is 0 Å². The summed E-state index contributed by atoms with van der Waals surface area (Å²) in [6.07, 6.45) is 1.73. The van der Waals surface area contributed by atoms with Crippen LogP contribution in [0.5, 0.6) is 0 Å². The predicted molar refractivity (Wildman–Crippen MR) is 77.1 cm³/mol. The number of carbonyl (C=O) groups is 1. The summed E-state index contributed by atoms with van der Waals surface area (Å²) in [5.41, 5.74) is 0.677. The van der Waals surface area contributed by atoms with E-state index in [9.17, 15) is 23.3 Å². The molecule has 0 aromatic heterocycles. The van der Waals surface area contributed by atoms with Crippen LogP contribution in [0.15, 0.2) is 18.2 Å². The van der Waals surface area contributed by atoms with Crippen molar-refractivity contribution < 1.29 is 18.1 Å². The zero-order valence-electron chi connectivity index (χ0n) is 11.4. The molecule has 0 atom stereocenters. The van der Waals surface area contributed by atoms with E-state index in [0.717, 1.165) is 6.26 Å². The predicted octanol–water partition coefficient (Wildman–Crippen LogP) is 0.489. The molecular formula is C12H15N3O5S. The summed E-state index contributed by atoms with van der Waals surface area (Å²) >= 11 is 0. The monoisotopic (exact) mass is 313 g/mol. The summed E-state index contributed by atoms with van der Waals surface area (Å²) in [5, 5.41) is 10.7. The molecule has 1 heterocycles. The Bertz CT molecular complexity index is 665. The molecule has 1 aromatic rings. The SMILES string of the molecule is CS(=O)(=O)N1CCN(c2ccc([N+](=O)[O-])cc2C=O)CC1. The van der Waals surface area contributed by atoms with E-state index in [1.165, 1.54) is 22.5 Å². The number of nitrogens with zero attached hydrogens (tertiary/aromatic N) is 3. The Morgan fingerprint density at radius 2 is 1.86 bits per heavy atom. The minimum Gasteiger partial charge on any atom is -0.368 e. The van der Waals surface area contributed by atoms with Crippen LogP contribution < -0.4 is 4.90 Å². The van der Waals surface area contributed by atoms with Gasteiger partial charge in [-0.25, -0.2) is 8.42 Å². The number of anilines is 1. The van der Waals surface area contributed by atoms with Gasteiger partial charge in [0.1, 0.15) is 0 Å². The van der Waals surface area contributed by atoms with Crippen molar-refractivity contribution in [3.63, 3.8) is 0 Å². The van der Waals surface area contributed by atoms with Gasteiger partial charge in [-0.3, -0.25) is 14.9 Å². The Balaban J connectivity index is 2.20. The second-order valence-electron chi connectivity index (χ2n) is 4.77. The third-order valence-corrected chi connectivity index (χ3v) is 4.70. The molecule has 1 aliphatic heterocycles. The van der Waals surface area contributed by atoms with Gasteiger partial charge >= 0.3 is 0 Å². The summed E-state index contributed by atoms with van der Waals surface area (Å²) in [6, 6.07) is 4.09. The largest absolute Gasteiger partial charge is 0.368 e. The molecule has 2 rings (SSSR count). The first-order valence-electron chi connectivity index (χ1n) is 6.26. The fourth-order valence-electron chi connectivity index (χ4n) is 2.30. The van der Waals surface area contributed by atoms with E-state index in [4.69, 9.17) is 0 Å². The van der Waals surface area contributed by atoms with E-state index >= 15 is 0 Å². The summed E-state index contributed by atoms with van der Waals surface area (Å²) < 4.78 is 24.3. The molecule has 0 amide bonds. The normalized spacial score (nSPS) is 16.7. The standard InChI is InChI=1S/C12H15N3O5S/c1-21(19,20)14-6-4-13(5-7-14)12-3-2-11(15(17)18)8-10(12)9-16/h2-3,8-9H,4-7H2,1H3. The molecule has 1 saturated heterocycles. The fourth-order valence-corrected chi connectivity index (χ4v) is 3.13. The smallest absolute Gasteiger partial charge is 0.270 e. The molecule has 0 N–H and O–H groups in total. The van der Waals surface area contributed by atoms with E-state index in [1.54, 1.807) is 0 Å². The van der Waals surface area contributed by atoms with Crippen LogP contribution in [0.25, 0.3) is 0 Å². The molecule has 0 radical (unpaired) electrons. The van der Waals surface area contributed by atoms with Gasteiger partial charge in [-0.2, -0.15) is 4.31 Å². The number of rotatable bonds is 4. The van der Waals surface area contributed by atoms with Crippen molar-refractivity contribution in [2.75, 3.05) is 37.3 Å². The van der Waals surface area contributed by atoms with Crippen molar-refractivity contribution in [1.29, 1.82) is 0 Å². The van der Waals surface area contributed by atoms with Crippen LogP contribution in [-0.4, -0.2) is 56.4 Å². The molecule has 21 heavy (non-hydrogen) atoms. The molecule has 0 aliphatic carbocycles. The van der Waals surface area contributed by atoms with Gasteiger partial charge in [0.15, 0.2) is 6.29 Å². The number of hydrogen-bond donors (Lipinski definition) is 0. The summed E-state index contributed by atoms with van der Waals surface area (Å²) in [7, 11) is -3.22. The van der Waals surface area contributed by atoms with Gasteiger partial charge in [0.25, 0.3) is 5.69 Å². The van der Waals surface area contributed by atoms with Gasteiger partial charge in [-0.05, 0) is 6.07 Å². The number of carbonyl (C=O) groups excluding carboxylic acids is 1. The molecule has 0 bridgehead atoms. The Morgan fingerprint density at radius 3 is 2.33 bits per heavy atom. The number of nitro groups is 1. The van der Waals surface area contributed by atoms with Crippen LogP contribution in [-0.2, 0) is 10.0 Å². The highest BCUT2D eigenvalue weighted by Crippen LogP contribution is 2.25. The van der Waals surface area contributed by atoms with Crippen molar-refractivity contribution in [1.82, 2.24) is 4.31 Å². The minimum atomic E-state index is -3.22. The number of sulfonamides is 1. The van der Waals surface area contributed by atoms with E-state index in [1.807, 2.05) is 4.90 Å². The first-order chi connectivity index (χ1) is 9.82. The third kappa shape index (κ3) is 3.37. The minimum absolute atomic E-state index is 0.143. The summed E-state index contributed by atoms with van der Waals surface area (Å²) in [5.74, 6) is 0. The van der Waals surface area contributed by atoms with Crippen LogP contribution in [0.2, 0.25) is 0 Å². The van der Waals surface area contributed by atoms with Crippen molar-refractivity contribution in [2.24, 2.45) is 0 Å². The maximum absolute atomic E-state index is 11.4. The highest BCUT2D eigenvalue weighted by Gasteiger charge is 2.25. The Labute approximate surface area is 122 Å². The van der Waals surface area contributed by atoms with E-state index < -0.39 is 14.9 Å². The molecule has 114 valence electrons. The Kier molecular flexibility index (Phi) is 4.24. The van der Waals surface area contributed by atoms with Gasteiger partial charge in [0, 0.05) is 49.6 Å². The lowest BCUT2D eigenvalue weighted by Crippen LogP contribution is -2.48. The molecule has 0 unspecified atom stereocenters. The lowest BCUT2D eigenvalue weighted by atomic mass is 10.1. The number of aldehydes is 1. The molecule has 1 aliphatic rings. The summed E-state index contributed by atoms with van der Waals surface area (Å²) in [6.45, 7) is 1.53. The van der Waals surface area contributed by atoms with Crippen molar-refractivity contribution >= 4 is 27.7 Å². The fraction of sp³-hybridized carbons (Fsp3) is 0.417. The maximum atomic E-state index is 11.4. The average molecular weight is 313 g/mol. The molecular weight excluding hydrogens is 298 g/mol. The topological polar surface area (TPSA) is 101 Å². The van der Waals surface area contributed by atoms with Crippen LogP contribution in [0, 0.1) is 10.1 Å². The quantitative estimate of drug-likeness (QED) is 0.455. The van der Waals surface area contributed by atoms with E-state index in [-0.39, 0.29) is 11.3 Å². The zero-order valence-corrected chi connectivity index (χ0v) is 12.2. The highest BCUT2D eigenvalue weighted by atomic mass is 32.2. The number of non-ortho nitro benzene ring substituents is 1. The highest BCUT2D eigenvalue weighted by molar-refractivity contribution is 7.88. The van der Waals surface area contributed by atoms with Crippen LogP contribution in [0.3, 0.4) is 0 Å². The third-order valence-electron chi connectivity index (χ3n) is 3.40. The van der Waals surface area contributed by atoms with Crippen LogP contribution >= 0.6 is 0 Å². The first kappa shape index (κ1) is 15.4. The van der Waals surface area contributed by atoms with Crippen molar-refractivity contribution in [2.45, 2.75) is 0 Å². The second kappa shape index (κ2) is 5.78. The average Bonchev–Trinajstić information content (AvgIpc) is 2.45. The second-order valence-corrected chi connectivity index (χ2v) is 6.75. The van der Waals surface area contributed by atoms with Crippen molar-refractivity contribution in [3.8, 4) is 0 Å². The first-order valence-corrected chi connectivity index (χ1v) is 8.11. The van der Waals surface area contributed by atoms with Crippen LogP contribution in [0.4, 0.5) is 11.4 Å². The Hall–Kier alpha value is -2.00. The number of piperazine rings is 1. The van der Waals surface area contributed by atoms with Gasteiger partial charge in [-0.1, -0.05) is 0 Å². The number of nitro benzene ring substituents is 1. The number of hydrogen-bond acceptors (Lipinski definition) is 6.